The van der Waals surface area contributed by atoms with Gasteiger partial charge in [-0.25, -0.2) is 0 Å². The van der Waals surface area contributed by atoms with Gasteiger partial charge < -0.3 is 9.64 Å². The monoisotopic (exact) mass is 230 g/mol. The van der Waals surface area contributed by atoms with E-state index in [9.17, 15) is 0 Å². The second kappa shape index (κ2) is 6.27. The molecule has 1 heterocycles. The zero-order chi connectivity index (χ0) is 11.9. The number of hydrogen-bond acceptors (Lipinski definition) is 3. The number of anilines is 1. The quantitative estimate of drug-likeness (QED) is 0.797. The van der Waals surface area contributed by atoms with Gasteiger partial charge in [0.25, 0.3) is 0 Å². The molecule has 0 N–H and O–H groups in total. The SMILES string of the molecule is N#CCCN(c1ccccc1)C1CCCOC1. The number of ether oxygens (including phenoxy) is 1. The Morgan fingerprint density at radius 3 is 2.82 bits per heavy atom. The Balaban J connectivity index is 2.10. The topological polar surface area (TPSA) is 36.3 Å². The highest BCUT2D eigenvalue weighted by atomic mass is 16.5. The summed E-state index contributed by atoms with van der Waals surface area (Å²) in [4.78, 5) is 2.31. The van der Waals surface area contributed by atoms with Gasteiger partial charge in [0.2, 0.25) is 0 Å². The molecule has 1 aliphatic rings. The van der Waals surface area contributed by atoms with Crippen molar-refractivity contribution in [2.75, 3.05) is 24.7 Å². The minimum absolute atomic E-state index is 0.416. The lowest BCUT2D eigenvalue weighted by molar-refractivity contribution is 0.0793. The van der Waals surface area contributed by atoms with E-state index in [1.54, 1.807) is 0 Å². The standard InChI is InChI=1S/C14H18N2O/c15-9-5-10-16(13-6-2-1-3-7-13)14-8-4-11-17-12-14/h1-3,6-7,14H,4-5,8,10-12H2. The van der Waals surface area contributed by atoms with E-state index in [2.05, 4.69) is 23.1 Å². The third kappa shape index (κ3) is 3.21. The summed E-state index contributed by atoms with van der Waals surface area (Å²) in [6.07, 6.45) is 2.83. The lowest BCUT2D eigenvalue weighted by atomic mass is 10.1. The summed E-state index contributed by atoms with van der Waals surface area (Å²) in [7, 11) is 0. The van der Waals surface area contributed by atoms with Gasteiger partial charge in [0, 0.05) is 18.8 Å². The molecule has 0 bridgehead atoms. The molecule has 1 aromatic carbocycles. The maximum Gasteiger partial charge on any atom is 0.0669 e. The zero-order valence-corrected chi connectivity index (χ0v) is 10.0. The van der Waals surface area contributed by atoms with Crippen molar-refractivity contribution in [2.24, 2.45) is 0 Å². The minimum Gasteiger partial charge on any atom is -0.379 e. The first kappa shape index (κ1) is 11.9. The summed E-state index contributed by atoms with van der Waals surface area (Å²) in [5, 5.41) is 8.75. The first-order valence-corrected chi connectivity index (χ1v) is 6.18. The molecule has 3 nitrogen and oxygen atoms in total. The Morgan fingerprint density at radius 2 is 2.18 bits per heavy atom. The molecule has 1 atom stereocenters. The van der Waals surface area contributed by atoms with Crippen LogP contribution in [0.2, 0.25) is 0 Å². The predicted octanol–water partition coefficient (Wildman–Crippen LogP) is 2.59. The summed E-state index contributed by atoms with van der Waals surface area (Å²) in [5.74, 6) is 0. The van der Waals surface area contributed by atoms with Crippen LogP contribution in [0.1, 0.15) is 19.3 Å². The molecule has 0 aromatic heterocycles. The van der Waals surface area contributed by atoms with Gasteiger partial charge in [-0.2, -0.15) is 5.26 Å². The number of hydrogen-bond donors (Lipinski definition) is 0. The van der Waals surface area contributed by atoms with Gasteiger partial charge in [-0.1, -0.05) is 18.2 Å². The Kier molecular flexibility index (Phi) is 4.40. The molecule has 1 aliphatic heterocycles. The van der Waals surface area contributed by atoms with Crippen molar-refractivity contribution in [2.45, 2.75) is 25.3 Å². The third-order valence-corrected chi connectivity index (χ3v) is 3.13. The summed E-state index contributed by atoms with van der Waals surface area (Å²) >= 11 is 0. The fourth-order valence-corrected chi connectivity index (χ4v) is 2.28. The normalized spacial score (nSPS) is 19.6. The van der Waals surface area contributed by atoms with E-state index < -0.39 is 0 Å². The van der Waals surface area contributed by atoms with Crippen LogP contribution in [-0.2, 0) is 4.74 Å². The Labute approximate surface area is 103 Å². The van der Waals surface area contributed by atoms with Crippen molar-refractivity contribution in [1.29, 1.82) is 5.26 Å². The molecule has 0 amide bonds. The molecular formula is C14H18N2O. The van der Waals surface area contributed by atoms with Gasteiger partial charge in [-0.05, 0) is 25.0 Å². The van der Waals surface area contributed by atoms with Crippen LogP contribution in [0.4, 0.5) is 5.69 Å². The van der Waals surface area contributed by atoms with E-state index in [4.69, 9.17) is 10.00 Å². The maximum atomic E-state index is 8.75. The molecule has 17 heavy (non-hydrogen) atoms. The number of nitriles is 1. The third-order valence-electron chi connectivity index (χ3n) is 3.13. The average Bonchev–Trinajstić information content (AvgIpc) is 2.42. The fourth-order valence-electron chi connectivity index (χ4n) is 2.28. The molecule has 0 spiro atoms. The molecule has 1 saturated heterocycles. The fraction of sp³-hybridized carbons (Fsp3) is 0.500. The van der Waals surface area contributed by atoms with Crippen LogP contribution in [0.3, 0.4) is 0 Å². The summed E-state index contributed by atoms with van der Waals surface area (Å²) in [6.45, 7) is 2.44. The van der Waals surface area contributed by atoms with Crippen LogP contribution in [0.15, 0.2) is 30.3 Å². The largest absolute Gasteiger partial charge is 0.379 e. The highest BCUT2D eigenvalue weighted by molar-refractivity contribution is 5.47. The molecule has 90 valence electrons. The second-order valence-corrected chi connectivity index (χ2v) is 4.31. The Morgan fingerprint density at radius 1 is 1.35 bits per heavy atom. The van der Waals surface area contributed by atoms with Gasteiger partial charge in [-0.3, -0.25) is 0 Å². The number of para-hydroxylation sites is 1. The molecule has 2 rings (SSSR count). The smallest absolute Gasteiger partial charge is 0.0669 e. The lowest BCUT2D eigenvalue weighted by Crippen LogP contribution is -2.41. The van der Waals surface area contributed by atoms with E-state index in [0.717, 1.165) is 32.6 Å². The molecule has 0 saturated carbocycles. The molecule has 0 aliphatic carbocycles. The van der Waals surface area contributed by atoms with Crippen LogP contribution in [0.25, 0.3) is 0 Å². The van der Waals surface area contributed by atoms with Crippen LogP contribution in [0, 0.1) is 11.3 Å². The van der Waals surface area contributed by atoms with Crippen LogP contribution < -0.4 is 4.90 Å². The molecule has 1 aromatic rings. The summed E-state index contributed by atoms with van der Waals surface area (Å²) in [6, 6.07) is 12.9. The van der Waals surface area contributed by atoms with Gasteiger partial charge in [0.15, 0.2) is 0 Å². The molecular weight excluding hydrogens is 212 g/mol. The van der Waals surface area contributed by atoms with Crippen molar-refractivity contribution < 1.29 is 4.74 Å². The first-order chi connectivity index (χ1) is 8.42. The number of nitrogens with zero attached hydrogens (tertiary/aromatic N) is 2. The van der Waals surface area contributed by atoms with Crippen LogP contribution in [-0.4, -0.2) is 25.8 Å². The number of benzene rings is 1. The van der Waals surface area contributed by atoms with Gasteiger partial charge in [0.05, 0.1) is 25.1 Å². The maximum absolute atomic E-state index is 8.75. The van der Waals surface area contributed by atoms with Crippen molar-refractivity contribution in [3.8, 4) is 6.07 Å². The van der Waals surface area contributed by atoms with Gasteiger partial charge >= 0.3 is 0 Å². The summed E-state index contributed by atoms with van der Waals surface area (Å²) in [5.41, 5.74) is 1.19. The van der Waals surface area contributed by atoms with Crippen molar-refractivity contribution in [3.63, 3.8) is 0 Å². The van der Waals surface area contributed by atoms with E-state index >= 15 is 0 Å². The molecule has 1 fully saturated rings. The van der Waals surface area contributed by atoms with E-state index in [0.29, 0.717) is 12.5 Å². The Bertz CT molecular complexity index is 366. The van der Waals surface area contributed by atoms with Crippen LogP contribution >= 0.6 is 0 Å². The Hall–Kier alpha value is -1.53. The second-order valence-electron chi connectivity index (χ2n) is 4.31. The van der Waals surface area contributed by atoms with Crippen molar-refractivity contribution in [1.82, 2.24) is 0 Å². The molecule has 3 heteroatoms. The van der Waals surface area contributed by atoms with Crippen molar-refractivity contribution in [3.05, 3.63) is 30.3 Å². The van der Waals surface area contributed by atoms with E-state index in [-0.39, 0.29) is 0 Å². The summed E-state index contributed by atoms with van der Waals surface area (Å²) < 4.78 is 5.54. The highest BCUT2D eigenvalue weighted by Crippen LogP contribution is 2.21. The van der Waals surface area contributed by atoms with Crippen LogP contribution in [0.5, 0.6) is 0 Å². The highest BCUT2D eigenvalue weighted by Gasteiger charge is 2.21. The molecule has 1 unspecified atom stereocenters. The molecule has 0 radical (unpaired) electrons. The van der Waals surface area contributed by atoms with Crippen molar-refractivity contribution >= 4 is 5.69 Å². The van der Waals surface area contributed by atoms with E-state index in [1.807, 2.05) is 18.2 Å². The lowest BCUT2D eigenvalue weighted by Gasteiger charge is -2.35. The first-order valence-electron chi connectivity index (χ1n) is 6.18. The zero-order valence-electron chi connectivity index (χ0n) is 10.0. The van der Waals surface area contributed by atoms with Gasteiger partial charge in [0.1, 0.15) is 0 Å². The van der Waals surface area contributed by atoms with E-state index in [1.165, 1.54) is 5.69 Å². The predicted molar refractivity (Wildman–Crippen MR) is 67.9 cm³/mol. The van der Waals surface area contributed by atoms with Gasteiger partial charge in [-0.15, -0.1) is 0 Å². The average molecular weight is 230 g/mol. The minimum atomic E-state index is 0.416. The number of rotatable bonds is 4.